The summed E-state index contributed by atoms with van der Waals surface area (Å²) in [4.78, 5) is 10.2. The standard InChI is InChI=1S/C17H16Cl2N4O5S/c18-14-3-1-12(9-15(14)19)11-20-21-16-4-2-13(23(24)25)10-17(16)29(26,27)22-5-7-28-8-6-22/h1-4,9-11,21H,5-8H2. The summed E-state index contributed by atoms with van der Waals surface area (Å²) in [6.07, 6.45) is 1.43. The lowest BCUT2D eigenvalue weighted by molar-refractivity contribution is -0.385. The van der Waals surface area contributed by atoms with E-state index < -0.39 is 14.9 Å². The summed E-state index contributed by atoms with van der Waals surface area (Å²) in [5.74, 6) is 0. The van der Waals surface area contributed by atoms with Crippen LogP contribution in [0.2, 0.25) is 10.0 Å². The summed E-state index contributed by atoms with van der Waals surface area (Å²) in [5, 5.41) is 15.9. The van der Waals surface area contributed by atoms with Crippen molar-refractivity contribution >= 4 is 50.8 Å². The highest BCUT2D eigenvalue weighted by atomic mass is 35.5. The molecule has 1 saturated heterocycles. The SMILES string of the molecule is O=[N+]([O-])c1ccc(NN=Cc2ccc(Cl)c(Cl)c2)c(S(=O)(=O)N2CCOCC2)c1. The Kier molecular flexibility index (Phi) is 6.70. The summed E-state index contributed by atoms with van der Waals surface area (Å²) in [6.45, 7) is 0.840. The third kappa shape index (κ3) is 5.03. The molecule has 0 saturated carbocycles. The molecule has 154 valence electrons. The molecule has 1 aliphatic rings. The van der Waals surface area contributed by atoms with Crippen molar-refractivity contribution in [3.63, 3.8) is 0 Å². The van der Waals surface area contributed by atoms with Gasteiger partial charge in [-0.25, -0.2) is 8.42 Å². The zero-order valence-corrected chi connectivity index (χ0v) is 17.2. The number of nitro benzene ring substituents is 1. The molecule has 29 heavy (non-hydrogen) atoms. The molecule has 2 aromatic rings. The van der Waals surface area contributed by atoms with Gasteiger partial charge in [0.05, 0.1) is 40.1 Å². The van der Waals surface area contributed by atoms with Crippen molar-refractivity contribution in [2.45, 2.75) is 4.90 Å². The third-order valence-corrected chi connectivity index (χ3v) is 6.78. The van der Waals surface area contributed by atoms with Crippen LogP contribution in [0.1, 0.15) is 5.56 Å². The molecular weight excluding hydrogens is 443 g/mol. The van der Waals surface area contributed by atoms with E-state index in [0.29, 0.717) is 15.6 Å². The van der Waals surface area contributed by atoms with Crippen molar-refractivity contribution in [3.8, 4) is 0 Å². The molecule has 1 aliphatic heterocycles. The second kappa shape index (κ2) is 9.06. The first-order valence-electron chi connectivity index (χ1n) is 8.39. The molecular formula is C17H16Cl2N4O5S. The Morgan fingerprint density at radius 1 is 1.14 bits per heavy atom. The van der Waals surface area contributed by atoms with Crippen LogP contribution in [0, 0.1) is 10.1 Å². The van der Waals surface area contributed by atoms with Gasteiger partial charge in [0.1, 0.15) is 4.90 Å². The molecule has 1 fully saturated rings. The Balaban J connectivity index is 1.92. The molecule has 0 amide bonds. The van der Waals surface area contributed by atoms with Crippen molar-refractivity contribution in [1.82, 2.24) is 4.31 Å². The van der Waals surface area contributed by atoms with E-state index in [2.05, 4.69) is 10.5 Å². The van der Waals surface area contributed by atoms with E-state index in [4.69, 9.17) is 27.9 Å². The number of nitro groups is 1. The summed E-state index contributed by atoms with van der Waals surface area (Å²) in [7, 11) is -3.98. The average molecular weight is 459 g/mol. The van der Waals surface area contributed by atoms with Crippen LogP contribution >= 0.6 is 23.2 Å². The maximum atomic E-state index is 13.0. The molecule has 0 aromatic heterocycles. The van der Waals surface area contributed by atoms with Crippen molar-refractivity contribution in [2.75, 3.05) is 31.7 Å². The number of morpholine rings is 1. The van der Waals surface area contributed by atoms with Crippen LogP contribution in [0.5, 0.6) is 0 Å². The first-order valence-corrected chi connectivity index (χ1v) is 10.6. The van der Waals surface area contributed by atoms with Crippen LogP contribution < -0.4 is 5.43 Å². The van der Waals surface area contributed by atoms with Crippen LogP contribution in [0.25, 0.3) is 0 Å². The number of halogens is 2. The fraction of sp³-hybridized carbons (Fsp3) is 0.235. The third-order valence-electron chi connectivity index (χ3n) is 4.11. The molecule has 2 aromatic carbocycles. The first-order chi connectivity index (χ1) is 13.8. The van der Waals surface area contributed by atoms with Gasteiger partial charge in [-0.2, -0.15) is 9.41 Å². The lowest BCUT2D eigenvalue weighted by Crippen LogP contribution is -2.40. The number of non-ortho nitro benzene ring substituents is 1. The Hall–Kier alpha value is -2.24. The number of rotatable bonds is 6. The summed E-state index contributed by atoms with van der Waals surface area (Å²) in [5.41, 5.74) is 3.04. The first kappa shape index (κ1) is 21.5. The second-order valence-electron chi connectivity index (χ2n) is 6.00. The largest absolute Gasteiger partial charge is 0.379 e. The van der Waals surface area contributed by atoms with E-state index in [0.717, 1.165) is 6.07 Å². The van der Waals surface area contributed by atoms with Gasteiger partial charge in [0, 0.05) is 25.2 Å². The number of hydrogen-bond acceptors (Lipinski definition) is 7. The number of ether oxygens (including phenoxy) is 1. The molecule has 3 rings (SSSR count). The van der Waals surface area contributed by atoms with Crippen molar-refractivity contribution in [1.29, 1.82) is 0 Å². The molecule has 1 N–H and O–H groups in total. The maximum absolute atomic E-state index is 13.0. The van der Waals surface area contributed by atoms with Crippen LogP contribution in [0.15, 0.2) is 46.4 Å². The van der Waals surface area contributed by atoms with Gasteiger partial charge >= 0.3 is 0 Å². The highest BCUT2D eigenvalue weighted by Gasteiger charge is 2.30. The van der Waals surface area contributed by atoms with Gasteiger partial charge in [-0.15, -0.1) is 0 Å². The number of nitrogens with zero attached hydrogens (tertiary/aromatic N) is 3. The van der Waals surface area contributed by atoms with Gasteiger partial charge in [-0.1, -0.05) is 29.3 Å². The highest BCUT2D eigenvalue weighted by Crippen LogP contribution is 2.29. The van der Waals surface area contributed by atoms with Gasteiger partial charge in [-0.05, 0) is 23.8 Å². The van der Waals surface area contributed by atoms with Crippen LogP contribution in [0.3, 0.4) is 0 Å². The number of nitrogens with one attached hydrogen (secondary N) is 1. The monoisotopic (exact) mass is 458 g/mol. The van der Waals surface area contributed by atoms with Crippen LogP contribution in [-0.4, -0.2) is 50.2 Å². The molecule has 1 heterocycles. The lowest BCUT2D eigenvalue weighted by Gasteiger charge is -2.26. The van der Waals surface area contributed by atoms with E-state index >= 15 is 0 Å². The van der Waals surface area contributed by atoms with E-state index in [-0.39, 0.29) is 42.6 Å². The molecule has 9 nitrogen and oxygen atoms in total. The van der Waals surface area contributed by atoms with E-state index in [1.807, 2.05) is 0 Å². The van der Waals surface area contributed by atoms with Gasteiger partial charge in [0.15, 0.2) is 0 Å². The number of hydrogen-bond donors (Lipinski definition) is 1. The number of sulfonamides is 1. The molecule has 0 atom stereocenters. The van der Waals surface area contributed by atoms with Gasteiger partial charge < -0.3 is 4.74 Å². The van der Waals surface area contributed by atoms with Crippen molar-refractivity contribution in [3.05, 3.63) is 62.1 Å². The average Bonchev–Trinajstić information content (AvgIpc) is 2.71. The van der Waals surface area contributed by atoms with E-state index in [9.17, 15) is 18.5 Å². The topological polar surface area (TPSA) is 114 Å². The summed E-state index contributed by atoms with van der Waals surface area (Å²) >= 11 is 11.8. The molecule has 12 heteroatoms. The van der Waals surface area contributed by atoms with Gasteiger partial charge in [-0.3, -0.25) is 15.5 Å². The van der Waals surface area contributed by atoms with E-state index in [1.54, 1.807) is 18.2 Å². The van der Waals surface area contributed by atoms with Crippen molar-refractivity contribution in [2.24, 2.45) is 5.10 Å². The Morgan fingerprint density at radius 3 is 2.52 bits per heavy atom. The van der Waals surface area contributed by atoms with Crippen LogP contribution in [0.4, 0.5) is 11.4 Å². The molecule has 0 spiro atoms. The lowest BCUT2D eigenvalue weighted by atomic mass is 10.2. The minimum atomic E-state index is -3.98. The van der Waals surface area contributed by atoms with Crippen LogP contribution in [-0.2, 0) is 14.8 Å². The maximum Gasteiger partial charge on any atom is 0.270 e. The Labute approximate surface area is 177 Å². The zero-order chi connectivity index (χ0) is 21.0. The fourth-order valence-electron chi connectivity index (χ4n) is 2.63. The van der Waals surface area contributed by atoms with E-state index in [1.165, 1.54) is 22.7 Å². The molecule has 0 unspecified atom stereocenters. The van der Waals surface area contributed by atoms with Crippen molar-refractivity contribution < 1.29 is 18.1 Å². The number of benzene rings is 2. The zero-order valence-electron chi connectivity index (χ0n) is 14.9. The predicted octanol–water partition coefficient (Wildman–Crippen LogP) is 3.37. The fourth-order valence-corrected chi connectivity index (χ4v) is 4.50. The molecule has 0 radical (unpaired) electrons. The number of anilines is 1. The molecule has 0 aliphatic carbocycles. The summed E-state index contributed by atoms with van der Waals surface area (Å²) < 4.78 is 32.5. The second-order valence-corrected chi connectivity index (χ2v) is 8.72. The summed E-state index contributed by atoms with van der Waals surface area (Å²) in [6, 6.07) is 8.40. The molecule has 0 bridgehead atoms. The normalized spacial score (nSPS) is 15.5. The smallest absolute Gasteiger partial charge is 0.270 e. The van der Waals surface area contributed by atoms with Gasteiger partial charge in [0.25, 0.3) is 5.69 Å². The minimum Gasteiger partial charge on any atom is -0.379 e. The number of hydrazone groups is 1. The van der Waals surface area contributed by atoms with Gasteiger partial charge in [0.2, 0.25) is 10.0 Å². The predicted molar refractivity (Wildman–Crippen MR) is 110 cm³/mol. The highest BCUT2D eigenvalue weighted by molar-refractivity contribution is 7.89. The Morgan fingerprint density at radius 2 is 1.86 bits per heavy atom. The minimum absolute atomic E-state index is 0.110. The quantitative estimate of drug-likeness (QED) is 0.403. The Bertz CT molecular complexity index is 1060.